The van der Waals surface area contributed by atoms with Crippen LogP contribution >= 0.6 is 0 Å². The van der Waals surface area contributed by atoms with Crippen LogP contribution in [0.5, 0.6) is 0 Å². The van der Waals surface area contributed by atoms with Crippen molar-refractivity contribution in [3.05, 3.63) is 82.4 Å². The molecule has 0 bridgehead atoms. The number of carbonyl (C=O) groups excluding carboxylic acids is 1. The summed E-state index contributed by atoms with van der Waals surface area (Å²) in [6.45, 7) is 3.19. The third-order valence-electron chi connectivity index (χ3n) is 4.94. The second-order valence-corrected chi connectivity index (χ2v) is 6.77. The van der Waals surface area contributed by atoms with Gasteiger partial charge >= 0.3 is 0 Å². The van der Waals surface area contributed by atoms with Gasteiger partial charge in [0.15, 0.2) is 5.69 Å². The Morgan fingerprint density at radius 2 is 1.89 bits per heavy atom. The molecule has 1 aromatic heterocycles. The Morgan fingerprint density at radius 3 is 2.61 bits per heavy atom. The van der Waals surface area contributed by atoms with Crippen LogP contribution < -0.4 is 5.32 Å². The first kappa shape index (κ1) is 18.3. The standard InChI is InChI=1S/C21H21FN4O2/c1-2-14-3-5-15(6-4-14)11-23-21(27)20-18-13-28-19(12-26(18)25-24-20)16-7-9-17(22)10-8-16/h3-10,19H,2,11-13H2,1H3,(H,23,27). The molecule has 4 rings (SSSR count). The summed E-state index contributed by atoms with van der Waals surface area (Å²) in [5, 5.41) is 11.0. The zero-order valence-electron chi connectivity index (χ0n) is 15.6. The lowest BCUT2D eigenvalue weighted by Crippen LogP contribution is -2.27. The second kappa shape index (κ2) is 7.90. The summed E-state index contributed by atoms with van der Waals surface area (Å²) in [7, 11) is 0. The van der Waals surface area contributed by atoms with E-state index in [1.54, 1.807) is 16.8 Å². The molecule has 28 heavy (non-hydrogen) atoms. The molecule has 1 aliphatic rings. The van der Waals surface area contributed by atoms with Crippen molar-refractivity contribution in [2.45, 2.75) is 39.1 Å². The minimum absolute atomic E-state index is 0.225. The molecule has 0 saturated heterocycles. The van der Waals surface area contributed by atoms with Crippen LogP contribution in [0.15, 0.2) is 48.5 Å². The molecule has 0 aliphatic carbocycles. The highest BCUT2D eigenvalue weighted by atomic mass is 19.1. The molecule has 1 aliphatic heterocycles. The van der Waals surface area contributed by atoms with E-state index in [9.17, 15) is 9.18 Å². The predicted molar refractivity (Wildman–Crippen MR) is 101 cm³/mol. The number of nitrogens with zero attached hydrogens (tertiary/aromatic N) is 3. The minimum Gasteiger partial charge on any atom is -0.365 e. The van der Waals surface area contributed by atoms with Crippen molar-refractivity contribution in [1.29, 1.82) is 0 Å². The van der Waals surface area contributed by atoms with E-state index in [0.717, 1.165) is 17.5 Å². The third-order valence-corrected chi connectivity index (χ3v) is 4.94. The number of hydrogen-bond donors (Lipinski definition) is 1. The fraction of sp³-hybridized carbons (Fsp3) is 0.286. The van der Waals surface area contributed by atoms with Crippen molar-refractivity contribution in [2.24, 2.45) is 0 Å². The molecule has 0 fully saturated rings. The Bertz CT molecular complexity index is 967. The SMILES string of the molecule is CCc1ccc(CNC(=O)c2nnn3c2COC(c2ccc(F)cc2)C3)cc1. The number of fused-ring (bicyclic) bond motifs is 1. The van der Waals surface area contributed by atoms with Crippen LogP contribution in [-0.2, 0) is 30.9 Å². The average molecular weight is 380 g/mol. The quantitative estimate of drug-likeness (QED) is 0.738. The summed E-state index contributed by atoms with van der Waals surface area (Å²) in [5.74, 6) is -0.561. The number of ether oxygens (including phenoxy) is 1. The van der Waals surface area contributed by atoms with E-state index in [-0.39, 0.29) is 30.1 Å². The minimum atomic E-state index is -0.288. The molecule has 0 radical (unpaired) electrons. The fourth-order valence-electron chi connectivity index (χ4n) is 3.23. The maximum atomic E-state index is 13.1. The molecule has 2 aromatic carbocycles. The topological polar surface area (TPSA) is 69.0 Å². The zero-order valence-corrected chi connectivity index (χ0v) is 15.6. The van der Waals surface area contributed by atoms with E-state index in [1.165, 1.54) is 17.7 Å². The first-order valence-electron chi connectivity index (χ1n) is 9.29. The molecule has 6 nitrogen and oxygen atoms in total. The number of rotatable bonds is 5. The van der Waals surface area contributed by atoms with Crippen LogP contribution in [0.4, 0.5) is 4.39 Å². The molecular formula is C21H21FN4O2. The molecule has 0 saturated carbocycles. The number of hydrogen-bond acceptors (Lipinski definition) is 4. The highest BCUT2D eigenvalue weighted by Gasteiger charge is 2.27. The van der Waals surface area contributed by atoms with E-state index in [1.807, 2.05) is 12.1 Å². The smallest absolute Gasteiger partial charge is 0.274 e. The highest BCUT2D eigenvalue weighted by Crippen LogP contribution is 2.27. The van der Waals surface area contributed by atoms with Crippen molar-refractivity contribution in [2.75, 3.05) is 0 Å². The lowest BCUT2D eigenvalue weighted by Gasteiger charge is -2.24. The van der Waals surface area contributed by atoms with Gasteiger partial charge < -0.3 is 10.1 Å². The Kier molecular flexibility index (Phi) is 5.16. The molecule has 1 N–H and O–H groups in total. The van der Waals surface area contributed by atoms with E-state index in [2.05, 4.69) is 34.7 Å². The molecule has 2 heterocycles. The summed E-state index contributed by atoms with van der Waals surface area (Å²) in [4.78, 5) is 12.5. The van der Waals surface area contributed by atoms with Crippen LogP contribution in [0, 0.1) is 5.82 Å². The Balaban J connectivity index is 1.41. The van der Waals surface area contributed by atoms with E-state index >= 15 is 0 Å². The Labute approximate surface area is 162 Å². The number of benzene rings is 2. The lowest BCUT2D eigenvalue weighted by atomic mass is 10.1. The molecule has 1 amide bonds. The van der Waals surface area contributed by atoms with Gasteiger partial charge in [0.1, 0.15) is 11.9 Å². The van der Waals surface area contributed by atoms with E-state index in [0.29, 0.717) is 18.8 Å². The zero-order chi connectivity index (χ0) is 19.5. The summed E-state index contributed by atoms with van der Waals surface area (Å²) in [6.07, 6.45) is 0.737. The molecule has 1 atom stereocenters. The van der Waals surface area contributed by atoms with Gasteiger partial charge in [-0.1, -0.05) is 48.5 Å². The van der Waals surface area contributed by atoms with Crippen molar-refractivity contribution in [3.8, 4) is 0 Å². The van der Waals surface area contributed by atoms with Gasteiger partial charge in [0.25, 0.3) is 5.91 Å². The first-order chi connectivity index (χ1) is 13.6. The number of carbonyl (C=O) groups is 1. The summed E-state index contributed by atoms with van der Waals surface area (Å²) < 4.78 is 20.7. The van der Waals surface area contributed by atoms with Crippen molar-refractivity contribution < 1.29 is 13.9 Å². The van der Waals surface area contributed by atoms with Crippen LogP contribution in [0.1, 0.15) is 45.9 Å². The van der Waals surface area contributed by atoms with Crippen molar-refractivity contribution >= 4 is 5.91 Å². The average Bonchev–Trinajstić information content (AvgIpc) is 3.16. The molecule has 0 spiro atoms. The molecule has 1 unspecified atom stereocenters. The third kappa shape index (κ3) is 3.80. The summed E-state index contributed by atoms with van der Waals surface area (Å²) in [5.41, 5.74) is 4.08. The monoisotopic (exact) mass is 380 g/mol. The van der Waals surface area contributed by atoms with Crippen LogP contribution in [0.2, 0.25) is 0 Å². The van der Waals surface area contributed by atoms with Crippen molar-refractivity contribution in [3.63, 3.8) is 0 Å². The van der Waals surface area contributed by atoms with Crippen LogP contribution in [0.3, 0.4) is 0 Å². The van der Waals surface area contributed by atoms with Gasteiger partial charge in [-0.05, 0) is 35.2 Å². The summed E-state index contributed by atoms with van der Waals surface area (Å²) >= 11 is 0. The first-order valence-corrected chi connectivity index (χ1v) is 9.29. The van der Waals surface area contributed by atoms with Gasteiger partial charge in [-0.25, -0.2) is 9.07 Å². The fourth-order valence-corrected chi connectivity index (χ4v) is 3.23. The van der Waals surface area contributed by atoms with E-state index < -0.39 is 0 Å². The van der Waals surface area contributed by atoms with Crippen LogP contribution in [-0.4, -0.2) is 20.9 Å². The predicted octanol–water partition coefficient (Wildman–Crippen LogP) is 3.18. The maximum absolute atomic E-state index is 13.1. The van der Waals surface area contributed by atoms with Gasteiger partial charge in [0, 0.05) is 6.54 Å². The van der Waals surface area contributed by atoms with Crippen LogP contribution in [0.25, 0.3) is 0 Å². The van der Waals surface area contributed by atoms with Gasteiger partial charge in [-0.15, -0.1) is 5.10 Å². The van der Waals surface area contributed by atoms with Gasteiger partial charge in [0.05, 0.1) is 18.8 Å². The van der Waals surface area contributed by atoms with E-state index in [4.69, 9.17) is 4.74 Å². The number of amides is 1. The Hall–Kier alpha value is -3.06. The molecule has 7 heteroatoms. The number of aryl methyl sites for hydroxylation is 1. The van der Waals surface area contributed by atoms with Crippen molar-refractivity contribution in [1.82, 2.24) is 20.3 Å². The second-order valence-electron chi connectivity index (χ2n) is 6.77. The lowest BCUT2D eigenvalue weighted by molar-refractivity contribution is -0.00180. The molecular weight excluding hydrogens is 359 g/mol. The van der Waals surface area contributed by atoms with Gasteiger partial charge in [-0.3, -0.25) is 4.79 Å². The highest BCUT2D eigenvalue weighted by molar-refractivity contribution is 5.93. The maximum Gasteiger partial charge on any atom is 0.274 e. The summed E-state index contributed by atoms with van der Waals surface area (Å²) in [6, 6.07) is 14.3. The largest absolute Gasteiger partial charge is 0.365 e. The van der Waals surface area contributed by atoms with Gasteiger partial charge in [0.2, 0.25) is 0 Å². The molecule has 3 aromatic rings. The van der Waals surface area contributed by atoms with Gasteiger partial charge in [-0.2, -0.15) is 0 Å². The number of nitrogens with one attached hydrogen (secondary N) is 1. The molecule has 144 valence electrons. The normalized spacial score (nSPS) is 15.9. The number of halogens is 1. The Morgan fingerprint density at radius 1 is 1.18 bits per heavy atom. The number of aromatic nitrogens is 3.